The first-order chi connectivity index (χ1) is 8.18. The zero-order valence-corrected chi connectivity index (χ0v) is 10.2. The largest absolute Gasteiger partial charge is 0.507 e. The minimum Gasteiger partial charge on any atom is -0.507 e. The summed E-state index contributed by atoms with van der Waals surface area (Å²) in [5, 5.41) is 22.7. The molecule has 1 heterocycles. The summed E-state index contributed by atoms with van der Waals surface area (Å²) in [6.45, 7) is 2.56. The smallest absolute Gasteiger partial charge is 0.124 e. The molecule has 0 fully saturated rings. The van der Waals surface area contributed by atoms with Crippen molar-refractivity contribution in [2.24, 2.45) is 0 Å². The number of benzene rings is 1. The third-order valence-corrected chi connectivity index (χ3v) is 3.34. The SMILES string of the molecule is CC(NCc1cncs1)c1c(O)cccc1O. The minimum absolute atomic E-state index is 0.106. The molecule has 1 aromatic carbocycles. The van der Waals surface area contributed by atoms with Gasteiger partial charge in [0.05, 0.1) is 11.1 Å². The lowest BCUT2D eigenvalue weighted by Crippen LogP contribution is -2.17. The fourth-order valence-corrected chi connectivity index (χ4v) is 2.22. The second kappa shape index (κ2) is 5.16. The molecular formula is C12H14N2O2S. The van der Waals surface area contributed by atoms with E-state index in [9.17, 15) is 10.2 Å². The average molecular weight is 250 g/mol. The van der Waals surface area contributed by atoms with Gasteiger partial charge < -0.3 is 15.5 Å². The van der Waals surface area contributed by atoms with Crippen molar-refractivity contribution in [2.75, 3.05) is 0 Å². The quantitative estimate of drug-likeness (QED) is 0.779. The molecule has 0 aliphatic heterocycles. The molecule has 3 N–H and O–H groups in total. The van der Waals surface area contributed by atoms with Crippen LogP contribution < -0.4 is 5.32 Å². The topological polar surface area (TPSA) is 65.4 Å². The van der Waals surface area contributed by atoms with Crippen LogP contribution in [0.5, 0.6) is 11.5 Å². The normalized spacial score (nSPS) is 12.5. The molecule has 1 unspecified atom stereocenters. The lowest BCUT2D eigenvalue weighted by Gasteiger charge is -2.16. The summed E-state index contributed by atoms with van der Waals surface area (Å²) >= 11 is 1.57. The number of thiazole rings is 1. The van der Waals surface area contributed by atoms with Crippen LogP contribution in [0.4, 0.5) is 0 Å². The summed E-state index contributed by atoms with van der Waals surface area (Å²) in [7, 11) is 0. The van der Waals surface area contributed by atoms with Crippen LogP contribution in [0.25, 0.3) is 0 Å². The highest BCUT2D eigenvalue weighted by atomic mass is 32.1. The summed E-state index contributed by atoms with van der Waals surface area (Å²) in [6, 6.07) is 4.63. The van der Waals surface area contributed by atoms with Crippen molar-refractivity contribution in [2.45, 2.75) is 19.5 Å². The summed E-state index contributed by atoms with van der Waals surface area (Å²) < 4.78 is 0. The van der Waals surface area contributed by atoms with E-state index in [2.05, 4.69) is 10.3 Å². The zero-order chi connectivity index (χ0) is 12.3. The fraction of sp³-hybridized carbons (Fsp3) is 0.250. The van der Waals surface area contributed by atoms with Crippen molar-refractivity contribution in [1.82, 2.24) is 10.3 Å². The molecule has 17 heavy (non-hydrogen) atoms. The predicted octanol–water partition coefficient (Wildman–Crippen LogP) is 2.41. The first kappa shape index (κ1) is 11.9. The van der Waals surface area contributed by atoms with Crippen molar-refractivity contribution in [3.8, 4) is 11.5 Å². The number of aromatic hydroxyl groups is 2. The summed E-state index contributed by atoms with van der Waals surface area (Å²) in [5.41, 5.74) is 2.30. The van der Waals surface area contributed by atoms with Gasteiger partial charge in [-0.2, -0.15) is 0 Å². The minimum atomic E-state index is -0.127. The second-order valence-corrected chi connectivity index (χ2v) is 4.75. The lowest BCUT2D eigenvalue weighted by molar-refractivity contribution is 0.418. The molecule has 2 rings (SSSR count). The molecule has 5 heteroatoms. The standard InChI is InChI=1S/C12H14N2O2S/c1-8(14-6-9-5-13-7-17-9)12-10(15)3-2-4-11(12)16/h2-5,7-8,14-16H,6H2,1H3. The van der Waals surface area contributed by atoms with Crippen LogP contribution in [0.1, 0.15) is 23.4 Å². The van der Waals surface area contributed by atoms with E-state index in [0.717, 1.165) is 4.88 Å². The van der Waals surface area contributed by atoms with Crippen LogP contribution in [0.3, 0.4) is 0 Å². The average Bonchev–Trinajstić information content (AvgIpc) is 2.79. The number of nitrogens with one attached hydrogen (secondary N) is 1. The van der Waals surface area contributed by atoms with Crippen LogP contribution in [0, 0.1) is 0 Å². The summed E-state index contributed by atoms with van der Waals surface area (Å²) in [5.74, 6) is 0.212. The Balaban J connectivity index is 2.07. The number of hydrogen-bond donors (Lipinski definition) is 3. The van der Waals surface area contributed by atoms with Gasteiger partial charge in [-0.15, -0.1) is 11.3 Å². The van der Waals surface area contributed by atoms with E-state index in [0.29, 0.717) is 12.1 Å². The van der Waals surface area contributed by atoms with Gasteiger partial charge in [-0.3, -0.25) is 4.98 Å². The van der Waals surface area contributed by atoms with Crippen LogP contribution in [0.15, 0.2) is 29.9 Å². The Morgan fingerprint density at radius 3 is 2.65 bits per heavy atom. The van der Waals surface area contributed by atoms with Gasteiger partial charge in [0.15, 0.2) is 0 Å². The highest BCUT2D eigenvalue weighted by Crippen LogP contribution is 2.32. The monoisotopic (exact) mass is 250 g/mol. The number of nitrogens with zero attached hydrogens (tertiary/aromatic N) is 1. The lowest BCUT2D eigenvalue weighted by atomic mass is 10.1. The maximum atomic E-state index is 9.71. The van der Waals surface area contributed by atoms with Crippen LogP contribution >= 0.6 is 11.3 Å². The van der Waals surface area contributed by atoms with Crippen molar-refractivity contribution >= 4 is 11.3 Å². The van der Waals surface area contributed by atoms with E-state index in [-0.39, 0.29) is 17.5 Å². The molecule has 0 saturated carbocycles. The molecule has 0 amide bonds. The maximum Gasteiger partial charge on any atom is 0.124 e. The zero-order valence-electron chi connectivity index (χ0n) is 9.42. The molecule has 2 aromatic rings. The van der Waals surface area contributed by atoms with Gasteiger partial charge in [0.2, 0.25) is 0 Å². The molecule has 0 spiro atoms. The molecule has 0 aliphatic rings. The first-order valence-electron chi connectivity index (χ1n) is 5.30. The van der Waals surface area contributed by atoms with E-state index in [1.807, 2.05) is 6.92 Å². The van der Waals surface area contributed by atoms with Gasteiger partial charge >= 0.3 is 0 Å². The van der Waals surface area contributed by atoms with Crippen LogP contribution in [-0.4, -0.2) is 15.2 Å². The van der Waals surface area contributed by atoms with Crippen LogP contribution in [-0.2, 0) is 6.54 Å². The second-order valence-electron chi connectivity index (χ2n) is 3.78. The molecule has 4 nitrogen and oxygen atoms in total. The fourth-order valence-electron chi connectivity index (χ4n) is 1.67. The number of phenolic OH excluding ortho intramolecular Hbond substituents is 2. The third kappa shape index (κ3) is 2.75. The predicted molar refractivity (Wildman–Crippen MR) is 67.1 cm³/mol. The van der Waals surface area contributed by atoms with Crippen molar-refractivity contribution in [1.29, 1.82) is 0 Å². The van der Waals surface area contributed by atoms with E-state index < -0.39 is 0 Å². The molecule has 0 bridgehead atoms. The Labute approximate surface area is 104 Å². The van der Waals surface area contributed by atoms with Gasteiger partial charge in [-0.05, 0) is 19.1 Å². The van der Waals surface area contributed by atoms with Crippen LogP contribution in [0.2, 0.25) is 0 Å². The number of rotatable bonds is 4. The van der Waals surface area contributed by atoms with E-state index >= 15 is 0 Å². The molecular weight excluding hydrogens is 236 g/mol. The third-order valence-electron chi connectivity index (χ3n) is 2.56. The van der Waals surface area contributed by atoms with Gasteiger partial charge in [-0.25, -0.2) is 0 Å². The Bertz CT molecular complexity index is 465. The molecule has 0 radical (unpaired) electrons. The Morgan fingerprint density at radius 1 is 1.35 bits per heavy atom. The molecule has 90 valence electrons. The van der Waals surface area contributed by atoms with Crippen molar-refractivity contribution in [3.63, 3.8) is 0 Å². The van der Waals surface area contributed by atoms with E-state index in [1.165, 1.54) is 0 Å². The molecule has 1 aromatic heterocycles. The number of hydrogen-bond acceptors (Lipinski definition) is 5. The first-order valence-corrected chi connectivity index (χ1v) is 6.18. The molecule has 0 aliphatic carbocycles. The van der Waals surface area contributed by atoms with Gasteiger partial charge in [-0.1, -0.05) is 6.07 Å². The maximum absolute atomic E-state index is 9.71. The van der Waals surface area contributed by atoms with Gasteiger partial charge in [0, 0.05) is 23.7 Å². The Hall–Kier alpha value is -1.59. The summed E-state index contributed by atoms with van der Waals surface area (Å²) in [6.07, 6.45) is 1.80. The molecule has 1 atom stereocenters. The van der Waals surface area contributed by atoms with Gasteiger partial charge in [0.25, 0.3) is 0 Å². The van der Waals surface area contributed by atoms with Gasteiger partial charge in [0.1, 0.15) is 11.5 Å². The Kier molecular flexibility index (Phi) is 3.61. The van der Waals surface area contributed by atoms with E-state index in [4.69, 9.17) is 0 Å². The number of phenols is 2. The molecule has 0 saturated heterocycles. The Morgan fingerprint density at radius 2 is 2.06 bits per heavy atom. The van der Waals surface area contributed by atoms with E-state index in [1.54, 1.807) is 41.2 Å². The highest BCUT2D eigenvalue weighted by molar-refractivity contribution is 7.09. The van der Waals surface area contributed by atoms with Crippen molar-refractivity contribution < 1.29 is 10.2 Å². The highest BCUT2D eigenvalue weighted by Gasteiger charge is 2.14. The number of aromatic nitrogens is 1. The van der Waals surface area contributed by atoms with Crippen molar-refractivity contribution in [3.05, 3.63) is 40.3 Å². The summed E-state index contributed by atoms with van der Waals surface area (Å²) in [4.78, 5) is 5.11.